The number of sulfone groups is 1. The molecule has 1 unspecified atom stereocenters. The van der Waals surface area contributed by atoms with Crippen molar-refractivity contribution in [1.29, 1.82) is 0 Å². The number of hydrogen-bond donors (Lipinski definition) is 2. The molecule has 0 saturated heterocycles. The number of alkyl halides is 3. The van der Waals surface area contributed by atoms with Crippen LogP contribution in [0.25, 0.3) is 0 Å². The minimum atomic E-state index is -4.96. The highest BCUT2D eigenvalue weighted by Gasteiger charge is 2.37. The van der Waals surface area contributed by atoms with Gasteiger partial charge < -0.3 is 5.11 Å². The molecule has 1 saturated carbocycles. The molecule has 1 fully saturated rings. The normalized spacial score (nSPS) is 19.6. The number of fused-ring (bicyclic) bond motifs is 1. The number of aromatic nitrogens is 2. The molecule has 0 radical (unpaired) electrons. The third-order valence-corrected chi connectivity index (χ3v) is 10.1. The quantitative estimate of drug-likeness (QED) is 0.556. The first-order valence-electron chi connectivity index (χ1n) is 11.0. The Hall–Kier alpha value is -2.45. The molecule has 0 spiro atoms. The highest BCUT2D eigenvalue weighted by molar-refractivity contribution is 7.92. The van der Waals surface area contributed by atoms with Crippen molar-refractivity contribution in [3.05, 3.63) is 41.2 Å². The first kappa shape index (κ1) is 25.6. The van der Waals surface area contributed by atoms with E-state index in [9.17, 15) is 34.8 Å². The number of aliphatic carboxylic acids is 1. The fourth-order valence-electron chi connectivity index (χ4n) is 4.71. The zero-order valence-electron chi connectivity index (χ0n) is 18.5. The Kier molecular flexibility index (Phi) is 6.74. The number of rotatable bonds is 7. The predicted molar refractivity (Wildman–Crippen MR) is 117 cm³/mol. The fraction of sp³-hybridized carbons (Fsp3) is 0.524. The summed E-state index contributed by atoms with van der Waals surface area (Å²) in [4.78, 5) is 9.59. The second-order valence-electron chi connectivity index (χ2n) is 8.81. The van der Waals surface area contributed by atoms with Crippen molar-refractivity contribution in [2.24, 2.45) is 0 Å². The SMILES string of the molecule is O=C(O)Cn1ncc2c1CCCC2NS(=O)(=O)c1cc(C(F)(F)F)cc(S(=O)(=O)C2CCCC2)c1. The van der Waals surface area contributed by atoms with Crippen molar-refractivity contribution in [1.82, 2.24) is 14.5 Å². The summed E-state index contributed by atoms with van der Waals surface area (Å²) in [5.41, 5.74) is -0.401. The number of carboxylic acids is 1. The number of carboxylic acid groups (broad SMARTS) is 1. The maximum Gasteiger partial charge on any atom is 0.416 e. The van der Waals surface area contributed by atoms with Gasteiger partial charge in [-0.25, -0.2) is 21.6 Å². The van der Waals surface area contributed by atoms with E-state index in [-0.39, 0.29) is 0 Å². The molecule has 192 valence electrons. The Balaban J connectivity index is 1.72. The molecule has 35 heavy (non-hydrogen) atoms. The number of sulfonamides is 1. The van der Waals surface area contributed by atoms with Crippen LogP contribution in [0.5, 0.6) is 0 Å². The molecule has 2 aliphatic carbocycles. The molecule has 1 aromatic heterocycles. The molecule has 0 amide bonds. The molecule has 2 aliphatic rings. The van der Waals surface area contributed by atoms with Crippen LogP contribution in [0, 0.1) is 0 Å². The molecule has 1 heterocycles. The fourth-order valence-corrected chi connectivity index (χ4v) is 8.02. The summed E-state index contributed by atoms with van der Waals surface area (Å²) in [5.74, 6) is -1.13. The number of benzene rings is 1. The van der Waals surface area contributed by atoms with Gasteiger partial charge in [0.15, 0.2) is 9.84 Å². The lowest BCUT2D eigenvalue weighted by Gasteiger charge is -2.24. The molecular formula is C21H24F3N3O6S2. The van der Waals surface area contributed by atoms with Crippen molar-refractivity contribution in [2.45, 2.75) is 78.7 Å². The van der Waals surface area contributed by atoms with Crippen LogP contribution < -0.4 is 4.72 Å². The maximum absolute atomic E-state index is 13.6. The van der Waals surface area contributed by atoms with Gasteiger partial charge in [0.2, 0.25) is 10.0 Å². The van der Waals surface area contributed by atoms with E-state index in [1.165, 1.54) is 10.9 Å². The summed E-state index contributed by atoms with van der Waals surface area (Å²) < 4.78 is 96.8. The molecule has 9 nitrogen and oxygen atoms in total. The van der Waals surface area contributed by atoms with E-state index in [2.05, 4.69) is 9.82 Å². The van der Waals surface area contributed by atoms with Gasteiger partial charge in [0.25, 0.3) is 0 Å². The van der Waals surface area contributed by atoms with Gasteiger partial charge in [-0.2, -0.15) is 18.3 Å². The number of nitrogens with zero attached hydrogens (tertiary/aromatic N) is 2. The standard InChI is InChI=1S/C21H24F3N3O6S2/c22-21(23,24)13-8-15(34(30,31)14-4-1-2-5-14)10-16(9-13)35(32,33)26-18-6-3-7-19-17(18)11-25-27(19)12-20(28)29/h8-11,14,18,26H,1-7,12H2,(H,28,29). The number of nitrogens with one attached hydrogen (secondary N) is 1. The van der Waals surface area contributed by atoms with Gasteiger partial charge in [0.05, 0.1) is 32.8 Å². The molecule has 0 bridgehead atoms. The molecule has 0 aliphatic heterocycles. The Labute approximate surface area is 200 Å². The smallest absolute Gasteiger partial charge is 0.416 e. The molecule has 1 atom stereocenters. The van der Waals surface area contributed by atoms with E-state index in [0.717, 1.165) is 6.07 Å². The van der Waals surface area contributed by atoms with Crippen LogP contribution in [-0.4, -0.2) is 42.9 Å². The van der Waals surface area contributed by atoms with Gasteiger partial charge in [0.1, 0.15) is 6.54 Å². The second kappa shape index (κ2) is 9.21. The second-order valence-corrected chi connectivity index (χ2v) is 12.7. The van der Waals surface area contributed by atoms with Gasteiger partial charge in [-0.3, -0.25) is 9.48 Å². The van der Waals surface area contributed by atoms with Gasteiger partial charge in [-0.05, 0) is 50.3 Å². The molecule has 2 N–H and O–H groups in total. The summed E-state index contributed by atoms with van der Waals surface area (Å²) in [7, 11) is -8.73. The summed E-state index contributed by atoms with van der Waals surface area (Å²) in [6.45, 7) is -0.412. The summed E-state index contributed by atoms with van der Waals surface area (Å²) in [6, 6.07) is 0.841. The lowest BCUT2D eigenvalue weighted by molar-refractivity contribution is -0.138. The Morgan fingerprint density at radius 1 is 1.06 bits per heavy atom. The molecule has 2 aromatic rings. The van der Waals surface area contributed by atoms with Gasteiger partial charge in [-0.1, -0.05) is 12.8 Å². The Bertz CT molecular complexity index is 1350. The van der Waals surface area contributed by atoms with Crippen LogP contribution in [0.15, 0.2) is 34.2 Å². The molecule has 14 heteroatoms. The highest BCUT2D eigenvalue weighted by Crippen LogP contribution is 2.37. The summed E-state index contributed by atoms with van der Waals surface area (Å²) >= 11 is 0. The molecule has 4 rings (SSSR count). The van der Waals surface area contributed by atoms with E-state index in [1.807, 2.05) is 0 Å². The van der Waals surface area contributed by atoms with E-state index in [4.69, 9.17) is 5.11 Å². The topological polar surface area (TPSA) is 135 Å². The Morgan fingerprint density at radius 2 is 1.71 bits per heavy atom. The van der Waals surface area contributed by atoms with E-state index >= 15 is 0 Å². The van der Waals surface area contributed by atoms with Crippen molar-refractivity contribution < 1.29 is 39.9 Å². The minimum absolute atomic E-state index is 0.310. The van der Waals surface area contributed by atoms with Crippen LogP contribution >= 0.6 is 0 Å². The predicted octanol–water partition coefficient (Wildman–Crippen LogP) is 3.06. The lowest BCUT2D eigenvalue weighted by atomic mass is 9.94. The maximum atomic E-state index is 13.6. The first-order chi connectivity index (χ1) is 16.3. The van der Waals surface area contributed by atoms with Crippen molar-refractivity contribution in [3.8, 4) is 0 Å². The van der Waals surface area contributed by atoms with E-state index in [1.54, 1.807) is 0 Å². The zero-order chi connectivity index (χ0) is 25.6. The van der Waals surface area contributed by atoms with Crippen LogP contribution in [0.4, 0.5) is 13.2 Å². The average Bonchev–Trinajstić information content (AvgIpc) is 3.44. The zero-order valence-corrected chi connectivity index (χ0v) is 20.1. The largest absolute Gasteiger partial charge is 0.480 e. The van der Waals surface area contributed by atoms with Crippen LogP contribution in [0.1, 0.15) is 61.4 Å². The van der Waals surface area contributed by atoms with E-state index < -0.39 is 65.2 Å². The minimum Gasteiger partial charge on any atom is -0.480 e. The van der Waals surface area contributed by atoms with Gasteiger partial charge in [-0.15, -0.1) is 0 Å². The first-order valence-corrected chi connectivity index (χ1v) is 14.1. The third-order valence-electron chi connectivity index (χ3n) is 6.43. The lowest BCUT2D eigenvalue weighted by Crippen LogP contribution is -2.31. The average molecular weight is 536 g/mol. The van der Waals surface area contributed by atoms with Crippen LogP contribution in [0.3, 0.4) is 0 Å². The van der Waals surface area contributed by atoms with Crippen LogP contribution in [-0.2, 0) is 43.8 Å². The van der Waals surface area contributed by atoms with Gasteiger partial charge in [0, 0.05) is 11.3 Å². The molecular weight excluding hydrogens is 511 g/mol. The van der Waals surface area contributed by atoms with Crippen molar-refractivity contribution in [2.75, 3.05) is 0 Å². The van der Waals surface area contributed by atoms with Crippen molar-refractivity contribution in [3.63, 3.8) is 0 Å². The van der Waals surface area contributed by atoms with Gasteiger partial charge >= 0.3 is 12.1 Å². The van der Waals surface area contributed by atoms with Crippen LogP contribution in [0.2, 0.25) is 0 Å². The highest BCUT2D eigenvalue weighted by atomic mass is 32.2. The number of carbonyl (C=O) groups is 1. The number of hydrogen-bond acceptors (Lipinski definition) is 6. The summed E-state index contributed by atoms with van der Waals surface area (Å²) in [5, 5.41) is 12.2. The number of halogens is 3. The monoisotopic (exact) mass is 535 g/mol. The summed E-state index contributed by atoms with van der Waals surface area (Å²) in [6.07, 6.45) is -0.451. The third kappa shape index (κ3) is 5.23. The molecule has 1 aromatic carbocycles. The van der Waals surface area contributed by atoms with Crippen molar-refractivity contribution >= 4 is 25.8 Å². The van der Waals surface area contributed by atoms with E-state index in [0.29, 0.717) is 68.3 Å². The Morgan fingerprint density at radius 3 is 2.34 bits per heavy atom.